The van der Waals surface area contributed by atoms with Crippen molar-refractivity contribution in [3.63, 3.8) is 0 Å². The topological polar surface area (TPSA) is 120 Å². The monoisotopic (exact) mass is 460 g/mol. The number of fused-ring (bicyclic) bond motifs is 1. The number of phenolic OH excluding ortho intramolecular Hbond substituents is 4. The van der Waals surface area contributed by atoms with E-state index >= 15 is 0 Å². The van der Waals surface area contributed by atoms with E-state index in [2.05, 4.69) is 0 Å². The highest BCUT2D eigenvalue weighted by atomic mass is 19.4. The Morgan fingerprint density at radius 2 is 1.55 bits per heavy atom. The minimum Gasteiger partial charge on any atom is -0.508 e. The molecule has 170 valence electrons. The summed E-state index contributed by atoms with van der Waals surface area (Å²) >= 11 is 0. The molecule has 4 N–H and O–H groups in total. The molecule has 3 aromatic carbocycles. The van der Waals surface area contributed by atoms with Crippen LogP contribution in [0, 0.1) is 0 Å². The molecule has 4 aromatic rings. The SMILES string of the molecule is O=c1c(OCc2ccc(C(F)(F)F)cc2)c(-c2ccc(O)c(O)c2)oc2cc(O)cc(O)c12. The van der Waals surface area contributed by atoms with E-state index < -0.39 is 40.2 Å². The summed E-state index contributed by atoms with van der Waals surface area (Å²) in [4.78, 5) is 13.1. The molecule has 0 bridgehead atoms. The van der Waals surface area contributed by atoms with Crippen LogP contribution in [0.2, 0.25) is 0 Å². The Balaban J connectivity index is 1.82. The van der Waals surface area contributed by atoms with Crippen molar-refractivity contribution >= 4 is 11.0 Å². The van der Waals surface area contributed by atoms with Gasteiger partial charge in [0.2, 0.25) is 11.2 Å². The van der Waals surface area contributed by atoms with Crippen LogP contribution in [0.15, 0.2) is 63.8 Å². The van der Waals surface area contributed by atoms with Gasteiger partial charge in [-0.25, -0.2) is 0 Å². The van der Waals surface area contributed by atoms with E-state index in [1.54, 1.807) is 0 Å². The second kappa shape index (κ2) is 7.97. The standard InChI is InChI=1S/C23H15F3O7/c24-23(25,26)13-4-1-11(2-5-13)10-32-22-20(31)19-17(30)8-14(27)9-18(19)33-21(22)12-3-6-15(28)16(29)7-12/h1-9,27-30H,10H2. The quantitative estimate of drug-likeness (QED) is 0.320. The average Bonchev–Trinajstić information content (AvgIpc) is 2.74. The van der Waals surface area contributed by atoms with E-state index in [0.717, 1.165) is 36.4 Å². The molecular formula is C23H15F3O7. The van der Waals surface area contributed by atoms with Gasteiger partial charge in [0, 0.05) is 17.7 Å². The van der Waals surface area contributed by atoms with Crippen LogP contribution in [0.25, 0.3) is 22.3 Å². The molecule has 0 aliphatic carbocycles. The molecular weight excluding hydrogens is 445 g/mol. The van der Waals surface area contributed by atoms with Crippen LogP contribution >= 0.6 is 0 Å². The predicted molar refractivity (Wildman–Crippen MR) is 110 cm³/mol. The van der Waals surface area contributed by atoms with Crippen LogP contribution < -0.4 is 10.2 Å². The third-order valence-corrected chi connectivity index (χ3v) is 4.82. The van der Waals surface area contributed by atoms with Crippen LogP contribution in [0.4, 0.5) is 13.2 Å². The molecule has 0 saturated heterocycles. The summed E-state index contributed by atoms with van der Waals surface area (Å²) in [5.41, 5.74) is -1.40. The fourth-order valence-electron chi connectivity index (χ4n) is 3.20. The summed E-state index contributed by atoms with van der Waals surface area (Å²) in [6.07, 6.45) is -4.50. The highest BCUT2D eigenvalue weighted by Gasteiger charge is 2.30. The van der Waals surface area contributed by atoms with E-state index in [0.29, 0.717) is 5.56 Å². The first-order valence-electron chi connectivity index (χ1n) is 9.38. The number of ether oxygens (including phenoxy) is 1. The summed E-state index contributed by atoms with van der Waals surface area (Å²) < 4.78 is 49.6. The van der Waals surface area contributed by atoms with Gasteiger partial charge in [-0.2, -0.15) is 13.2 Å². The fourth-order valence-corrected chi connectivity index (χ4v) is 3.20. The third kappa shape index (κ3) is 4.22. The van der Waals surface area contributed by atoms with Crippen molar-refractivity contribution in [2.45, 2.75) is 12.8 Å². The fraction of sp³-hybridized carbons (Fsp3) is 0.0870. The van der Waals surface area contributed by atoms with E-state index in [1.165, 1.54) is 18.2 Å². The van der Waals surface area contributed by atoms with Crippen LogP contribution in [0.5, 0.6) is 28.7 Å². The first-order chi connectivity index (χ1) is 15.5. The number of halogens is 3. The summed E-state index contributed by atoms with van der Waals surface area (Å²) in [5, 5.41) is 39.0. The molecule has 0 radical (unpaired) electrons. The van der Waals surface area contributed by atoms with Gasteiger partial charge < -0.3 is 29.6 Å². The van der Waals surface area contributed by atoms with Crippen molar-refractivity contribution in [1.29, 1.82) is 0 Å². The van der Waals surface area contributed by atoms with Gasteiger partial charge in [0.25, 0.3) is 0 Å². The molecule has 4 rings (SSSR count). The maximum atomic E-state index is 13.1. The van der Waals surface area contributed by atoms with Crippen LogP contribution in [-0.2, 0) is 12.8 Å². The van der Waals surface area contributed by atoms with Gasteiger partial charge in [0.15, 0.2) is 17.3 Å². The van der Waals surface area contributed by atoms with Crippen LogP contribution in [0.3, 0.4) is 0 Å². The minimum absolute atomic E-state index is 0.120. The molecule has 1 heterocycles. The molecule has 0 fully saturated rings. The number of benzene rings is 3. The molecule has 0 saturated carbocycles. The van der Waals surface area contributed by atoms with Crippen molar-refractivity contribution in [1.82, 2.24) is 0 Å². The molecule has 0 spiro atoms. The van der Waals surface area contributed by atoms with Gasteiger partial charge in [-0.05, 0) is 35.9 Å². The van der Waals surface area contributed by atoms with E-state index in [9.17, 15) is 38.4 Å². The Hall–Kier alpha value is -4.34. The van der Waals surface area contributed by atoms with E-state index in [4.69, 9.17) is 9.15 Å². The summed E-state index contributed by atoms with van der Waals surface area (Å²) in [5.74, 6) is -2.47. The molecule has 33 heavy (non-hydrogen) atoms. The van der Waals surface area contributed by atoms with Gasteiger partial charge >= 0.3 is 6.18 Å². The smallest absolute Gasteiger partial charge is 0.416 e. The lowest BCUT2D eigenvalue weighted by atomic mass is 10.1. The molecule has 7 nitrogen and oxygen atoms in total. The van der Waals surface area contributed by atoms with E-state index in [1.807, 2.05) is 0 Å². The van der Waals surface area contributed by atoms with Crippen LogP contribution in [-0.4, -0.2) is 20.4 Å². The van der Waals surface area contributed by atoms with Crippen molar-refractivity contribution in [2.24, 2.45) is 0 Å². The maximum Gasteiger partial charge on any atom is 0.416 e. The van der Waals surface area contributed by atoms with E-state index in [-0.39, 0.29) is 34.6 Å². The highest BCUT2D eigenvalue weighted by Crippen LogP contribution is 2.38. The lowest BCUT2D eigenvalue weighted by molar-refractivity contribution is -0.137. The van der Waals surface area contributed by atoms with Crippen molar-refractivity contribution in [2.75, 3.05) is 0 Å². The average molecular weight is 460 g/mol. The van der Waals surface area contributed by atoms with Gasteiger partial charge in [-0.15, -0.1) is 0 Å². The first-order valence-corrected chi connectivity index (χ1v) is 9.38. The van der Waals surface area contributed by atoms with Crippen LogP contribution in [0.1, 0.15) is 11.1 Å². The summed E-state index contributed by atoms with van der Waals surface area (Å²) in [6, 6.07) is 9.73. The van der Waals surface area contributed by atoms with Gasteiger partial charge in [-0.3, -0.25) is 4.79 Å². The summed E-state index contributed by atoms with van der Waals surface area (Å²) in [7, 11) is 0. The number of alkyl halides is 3. The number of rotatable bonds is 4. The molecule has 1 aromatic heterocycles. The van der Waals surface area contributed by atoms with Crippen molar-refractivity contribution in [3.8, 4) is 40.1 Å². The number of aromatic hydroxyl groups is 4. The number of phenols is 4. The molecule has 0 unspecified atom stereocenters. The predicted octanol–water partition coefficient (Wildman–Crippen LogP) is 4.88. The first kappa shape index (κ1) is 21.9. The second-order valence-electron chi connectivity index (χ2n) is 7.11. The molecule has 10 heteroatoms. The maximum absolute atomic E-state index is 13.1. The summed E-state index contributed by atoms with van der Waals surface area (Å²) in [6.45, 7) is -0.315. The zero-order chi connectivity index (χ0) is 23.9. The molecule has 0 amide bonds. The lowest BCUT2D eigenvalue weighted by Gasteiger charge is -2.13. The third-order valence-electron chi connectivity index (χ3n) is 4.82. The van der Waals surface area contributed by atoms with Gasteiger partial charge in [0.05, 0.1) is 5.56 Å². The number of hydrogen-bond acceptors (Lipinski definition) is 7. The van der Waals surface area contributed by atoms with Gasteiger partial charge in [0.1, 0.15) is 29.1 Å². The Bertz CT molecular complexity index is 1410. The van der Waals surface area contributed by atoms with Gasteiger partial charge in [-0.1, -0.05) is 12.1 Å². The zero-order valence-electron chi connectivity index (χ0n) is 16.6. The second-order valence-corrected chi connectivity index (χ2v) is 7.11. The minimum atomic E-state index is -4.50. The lowest BCUT2D eigenvalue weighted by Crippen LogP contribution is -2.11. The molecule has 0 aliphatic rings. The zero-order valence-corrected chi connectivity index (χ0v) is 16.6. The van der Waals surface area contributed by atoms with Crippen molar-refractivity contribution < 1.29 is 42.8 Å². The Labute approximate surface area is 183 Å². The van der Waals surface area contributed by atoms with Crippen molar-refractivity contribution in [3.05, 3.63) is 75.9 Å². The molecule has 0 aliphatic heterocycles. The largest absolute Gasteiger partial charge is 0.508 e. The Morgan fingerprint density at radius 3 is 2.18 bits per heavy atom. The normalized spacial score (nSPS) is 11.6. The Kier molecular flexibility index (Phi) is 5.28. The molecule has 0 atom stereocenters. The Morgan fingerprint density at radius 1 is 0.848 bits per heavy atom. The highest BCUT2D eigenvalue weighted by molar-refractivity contribution is 5.88. The number of hydrogen-bond donors (Lipinski definition) is 4.